The first-order valence-corrected chi connectivity index (χ1v) is 7.47. The zero-order chi connectivity index (χ0) is 14.2. The fraction of sp³-hybridized carbons (Fsp3) is 0.562. The smallest absolute Gasteiger partial charge is 0.242 e. The molecule has 0 bridgehead atoms. The summed E-state index contributed by atoms with van der Waals surface area (Å²) < 4.78 is 0. The lowest BCUT2D eigenvalue weighted by molar-refractivity contribution is -0.137. The standard InChI is InChI=1S/C16H23N3O/c1-16(17,13-7-8-13)15(20)19-11-9-18(10-12-19)14-5-3-2-4-6-14/h2-6,13H,7-12,17H2,1H3. The van der Waals surface area contributed by atoms with E-state index in [1.165, 1.54) is 5.69 Å². The molecule has 1 saturated carbocycles. The van der Waals surface area contributed by atoms with Crippen molar-refractivity contribution < 1.29 is 4.79 Å². The molecule has 0 aromatic heterocycles. The molecular formula is C16H23N3O. The Labute approximate surface area is 120 Å². The number of nitrogens with zero attached hydrogens (tertiary/aromatic N) is 2. The number of carbonyl (C=O) groups is 1. The number of para-hydroxylation sites is 1. The van der Waals surface area contributed by atoms with Crippen LogP contribution < -0.4 is 10.6 Å². The Hall–Kier alpha value is -1.55. The van der Waals surface area contributed by atoms with Gasteiger partial charge in [-0.25, -0.2) is 0 Å². The quantitative estimate of drug-likeness (QED) is 0.907. The van der Waals surface area contributed by atoms with Crippen molar-refractivity contribution in [2.45, 2.75) is 25.3 Å². The number of hydrogen-bond acceptors (Lipinski definition) is 3. The zero-order valence-electron chi connectivity index (χ0n) is 12.1. The van der Waals surface area contributed by atoms with Crippen LogP contribution in [0.25, 0.3) is 0 Å². The number of benzene rings is 1. The van der Waals surface area contributed by atoms with Crippen molar-refractivity contribution in [1.82, 2.24) is 4.90 Å². The minimum atomic E-state index is -0.658. The Morgan fingerprint density at radius 1 is 1.15 bits per heavy atom. The first kappa shape index (κ1) is 13.4. The van der Waals surface area contributed by atoms with Crippen LogP contribution in [0.15, 0.2) is 30.3 Å². The van der Waals surface area contributed by atoms with Crippen LogP contribution in [-0.4, -0.2) is 42.5 Å². The molecule has 1 aromatic rings. The van der Waals surface area contributed by atoms with E-state index in [0.29, 0.717) is 5.92 Å². The summed E-state index contributed by atoms with van der Waals surface area (Å²) in [6, 6.07) is 10.4. The van der Waals surface area contributed by atoms with Gasteiger partial charge in [-0.15, -0.1) is 0 Å². The highest BCUT2D eigenvalue weighted by atomic mass is 16.2. The molecule has 1 heterocycles. The van der Waals surface area contributed by atoms with Crippen molar-refractivity contribution in [1.29, 1.82) is 0 Å². The number of carbonyl (C=O) groups excluding carboxylic acids is 1. The van der Waals surface area contributed by atoms with E-state index in [1.54, 1.807) is 0 Å². The maximum atomic E-state index is 12.5. The van der Waals surface area contributed by atoms with E-state index in [0.717, 1.165) is 39.0 Å². The van der Waals surface area contributed by atoms with Gasteiger partial charge in [-0.05, 0) is 37.8 Å². The van der Waals surface area contributed by atoms with Gasteiger partial charge in [0.2, 0.25) is 5.91 Å². The van der Waals surface area contributed by atoms with Crippen LogP contribution in [0.2, 0.25) is 0 Å². The molecule has 2 aliphatic rings. The number of rotatable bonds is 3. The lowest BCUT2D eigenvalue weighted by Crippen LogP contribution is -2.59. The van der Waals surface area contributed by atoms with Crippen LogP contribution in [0.5, 0.6) is 0 Å². The Bertz CT molecular complexity index is 474. The highest BCUT2D eigenvalue weighted by Crippen LogP contribution is 2.39. The topological polar surface area (TPSA) is 49.6 Å². The third-order valence-corrected chi connectivity index (χ3v) is 4.57. The molecule has 1 unspecified atom stereocenters. The van der Waals surface area contributed by atoms with Crippen LogP contribution in [0.3, 0.4) is 0 Å². The molecule has 4 nitrogen and oxygen atoms in total. The molecule has 0 radical (unpaired) electrons. The number of anilines is 1. The van der Waals surface area contributed by atoms with Crippen molar-refractivity contribution >= 4 is 11.6 Å². The van der Waals surface area contributed by atoms with Gasteiger partial charge in [-0.2, -0.15) is 0 Å². The molecule has 2 N–H and O–H groups in total. The summed E-state index contributed by atoms with van der Waals surface area (Å²) in [5.41, 5.74) is 6.81. The average Bonchev–Trinajstić information content (AvgIpc) is 3.33. The van der Waals surface area contributed by atoms with Crippen molar-refractivity contribution in [3.05, 3.63) is 30.3 Å². The second kappa shape index (κ2) is 5.09. The molecule has 108 valence electrons. The maximum absolute atomic E-state index is 12.5. The van der Waals surface area contributed by atoms with Gasteiger partial charge in [0, 0.05) is 31.9 Å². The fourth-order valence-corrected chi connectivity index (χ4v) is 3.00. The lowest BCUT2D eigenvalue weighted by atomic mass is 9.95. The van der Waals surface area contributed by atoms with E-state index in [4.69, 9.17) is 5.73 Å². The second-order valence-corrected chi connectivity index (χ2v) is 6.17. The van der Waals surface area contributed by atoms with E-state index < -0.39 is 5.54 Å². The second-order valence-electron chi connectivity index (χ2n) is 6.17. The van der Waals surface area contributed by atoms with E-state index in [-0.39, 0.29) is 5.91 Å². The third-order valence-electron chi connectivity index (χ3n) is 4.57. The summed E-state index contributed by atoms with van der Waals surface area (Å²) in [5.74, 6) is 0.523. The minimum Gasteiger partial charge on any atom is -0.368 e. The molecule has 1 atom stereocenters. The number of hydrogen-bond donors (Lipinski definition) is 1. The van der Waals surface area contributed by atoms with Crippen LogP contribution >= 0.6 is 0 Å². The molecule has 2 fully saturated rings. The number of piperazine rings is 1. The summed E-state index contributed by atoms with van der Waals surface area (Å²) >= 11 is 0. The third kappa shape index (κ3) is 2.52. The minimum absolute atomic E-state index is 0.132. The van der Waals surface area contributed by atoms with Gasteiger partial charge in [0.15, 0.2) is 0 Å². The predicted octanol–water partition coefficient (Wildman–Crippen LogP) is 1.46. The van der Waals surface area contributed by atoms with Gasteiger partial charge < -0.3 is 15.5 Å². The van der Waals surface area contributed by atoms with Gasteiger partial charge in [0.1, 0.15) is 0 Å². The van der Waals surface area contributed by atoms with E-state index in [2.05, 4.69) is 29.2 Å². The van der Waals surface area contributed by atoms with Gasteiger partial charge in [0.25, 0.3) is 0 Å². The first-order valence-electron chi connectivity index (χ1n) is 7.47. The van der Waals surface area contributed by atoms with Crippen molar-refractivity contribution in [3.63, 3.8) is 0 Å². The fourth-order valence-electron chi connectivity index (χ4n) is 3.00. The van der Waals surface area contributed by atoms with Crippen molar-refractivity contribution in [2.75, 3.05) is 31.1 Å². The Morgan fingerprint density at radius 2 is 1.75 bits per heavy atom. The van der Waals surface area contributed by atoms with Crippen LogP contribution in [0.4, 0.5) is 5.69 Å². The van der Waals surface area contributed by atoms with Gasteiger partial charge in [0.05, 0.1) is 5.54 Å². The number of amides is 1. The summed E-state index contributed by atoms with van der Waals surface area (Å²) in [4.78, 5) is 16.8. The molecular weight excluding hydrogens is 250 g/mol. The van der Waals surface area contributed by atoms with Crippen molar-refractivity contribution in [3.8, 4) is 0 Å². The van der Waals surface area contributed by atoms with Crippen molar-refractivity contribution in [2.24, 2.45) is 11.7 Å². The Kier molecular flexibility index (Phi) is 3.42. The van der Waals surface area contributed by atoms with E-state index in [9.17, 15) is 4.79 Å². The lowest BCUT2D eigenvalue weighted by Gasteiger charge is -2.39. The molecule has 3 rings (SSSR count). The van der Waals surface area contributed by atoms with Gasteiger partial charge in [-0.3, -0.25) is 4.79 Å². The normalized spacial score (nSPS) is 22.5. The summed E-state index contributed by atoms with van der Waals surface area (Å²) in [6.07, 6.45) is 2.20. The van der Waals surface area contributed by atoms with Gasteiger partial charge in [-0.1, -0.05) is 18.2 Å². The molecule has 4 heteroatoms. The molecule has 1 saturated heterocycles. The summed E-state index contributed by atoms with van der Waals surface area (Å²) in [5, 5.41) is 0. The van der Waals surface area contributed by atoms with E-state index >= 15 is 0 Å². The largest absolute Gasteiger partial charge is 0.368 e. The molecule has 1 aliphatic carbocycles. The van der Waals surface area contributed by atoms with Crippen LogP contribution in [-0.2, 0) is 4.79 Å². The van der Waals surface area contributed by atoms with Crippen LogP contribution in [0, 0.1) is 5.92 Å². The summed E-state index contributed by atoms with van der Waals surface area (Å²) in [6.45, 7) is 5.21. The average molecular weight is 273 g/mol. The molecule has 1 aliphatic heterocycles. The summed E-state index contributed by atoms with van der Waals surface area (Å²) in [7, 11) is 0. The monoisotopic (exact) mass is 273 g/mol. The number of nitrogens with two attached hydrogens (primary N) is 1. The van der Waals surface area contributed by atoms with E-state index in [1.807, 2.05) is 17.9 Å². The highest BCUT2D eigenvalue weighted by molar-refractivity contribution is 5.86. The van der Waals surface area contributed by atoms with Gasteiger partial charge >= 0.3 is 0 Å². The highest BCUT2D eigenvalue weighted by Gasteiger charge is 2.46. The molecule has 0 spiro atoms. The molecule has 20 heavy (non-hydrogen) atoms. The Balaban J connectivity index is 1.60. The first-order chi connectivity index (χ1) is 9.59. The molecule has 1 aromatic carbocycles. The molecule has 1 amide bonds. The predicted molar refractivity (Wildman–Crippen MR) is 80.6 cm³/mol. The van der Waals surface area contributed by atoms with Crippen LogP contribution in [0.1, 0.15) is 19.8 Å². The SMILES string of the molecule is CC(N)(C(=O)N1CCN(c2ccccc2)CC1)C1CC1. The Morgan fingerprint density at radius 3 is 2.30 bits per heavy atom. The maximum Gasteiger partial charge on any atom is 0.242 e. The zero-order valence-corrected chi connectivity index (χ0v) is 12.1.